The van der Waals surface area contributed by atoms with Gasteiger partial charge in [-0.1, -0.05) is 0 Å². The minimum atomic E-state index is -4.69. The second-order valence-corrected chi connectivity index (χ2v) is 3.56. The average Bonchev–Trinajstić information content (AvgIpc) is 1.41. The van der Waals surface area contributed by atoms with Gasteiger partial charge in [0.05, 0.1) is 44.7 Å². The van der Waals surface area contributed by atoms with E-state index in [0.29, 0.717) is 0 Å². The van der Waals surface area contributed by atoms with Gasteiger partial charge in [0.25, 0.3) is 0 Å². The molecule has 0 aromatic heterocycles. The number of halogens is 3. The van der Waals surface area contributed by atoms with E-state index in [4.69, 9.17) is 55.9 Å². The van der Waals surface area contributed by atoms with Gasteiger partial charge in [-0.15, -0.1) is 0 Å². The average molecular weight is 390 g/mol. The Labute approximate surface area is 119 Å². The molecule has 16 heteroatoms. The Bertz CT molecular complexity index is 91.3. The van der Waals surface area contributed by atoms with Crippen LogP contribution in [0, 0.1) is 30.7 Å². The molecule has 0 aliphatic carbocycles. The summed E-state index contributed by atoms with van der Waals surface area (Å²) in [6.07, 6.45) is 0. The van der Waals surface area contributed by atoms with Crippen molar-refractivity contribution in [2.45, 2.75) is 0 Å². The molecule has 0 aliphatic heterocycles. The van der Waals surface area contributed by atoms with Gasteiger partial charge in [0, 0.05) is 32.7 Å². The first-order chi connectivity index (χ1) is 6.00. The molecule has 3 N–H and O–H groups in total. The summed E-state index contributed by atoms with van der Waals surface area (Å²) in [5.41, 5.74) is 0. The maximum Gasteiger partial charge on any atom is 0.0777 e. The molecule has 0 unspecified atom stereocenters. The molecule has 12 nitrogen and oxygen atoms in total. The topological polar surface area (TPSA) is 268 Å². The summed E-state index contributed by atoms with van der Waals surface area (Å²) >= 11 is 0. The van der Waals surface area contributed by atoms with Gasteiger partial charge in [-0.2, -0.15) is 41.9 Å². The van der Waals surface area contributed by atoms with Crippen LogP contribution in [0.15, 0.2) is 0 Å². The largest absolute Gasteiger partial charge is 0.183 e. The predicted molar refractivity (Wildman–Crippen MR) is 6.66 cm³/mol. The van der Waals surface area contributed by atoms with Crippen molar-refractivity contribution in [1.82, 2.24) is 0 Å². The van der Waals surface area contributed by atoms with Gasteiger partial charge in [-0.05, 0) is 0 Å². The van der Waals surface area contributed by atoms with Crippen molar-refractivity contribution in [1.29, 1.82) is 0 Å². The molecule has 0 amide bonds. The van der Waals surface area contributed by atoms with Crippen LogP contribution >= 0.6 is 0 Å². The maximum absolute atomic E-state index is 8.60. The van der Waals surface area contributed by atoms with Crippen LogP contribution in [0.2, 0.25) is 0 Å². The van der Waals surface area contributed by atoms with Crippen molar-refractivity contribution in [3.63, 3.8) is 0 Å². The Hall–Kier alpha value is 1.49. The minimum absolute atomic E-state index is 0. The van der Waals surface area contributed by atoms with Crippen LogP contribution < -0.4 is 41.9 Å². The third-order valence-electron chi connectivity index (χ3n) is 0. The van der Waals surface area contributed by atoms with E-state index in [1.54, 1.807) is 0 Å². The quantitative estimate of drug-likeness (QED) is 0.348. The molecular weight excluding hydrogens is 387 g/mol. The molecule has 0 saturated carbocycles. The second-order valence-electron chi connectivity index (χ2n) is 1.19. The van der Waals surface area contributed by atoms with Gasteiger partial charge < -0.3 is 0 Å². The Kier molecular flexibility index (Phi) is 17.0. The van der Waals surface area contributed by atoms with Crippen LogP contribution in [0.4, 0.5) is 0 Å². The van der Waals surface area contributed by atoms with Crippen molar-refractivity contribution >= 4 is 0 Å². The van der Waals surface area contributed by atoms with Gasteiger partial charge >= 0.3 is 0 Å². The zero-order valence-electron chi connectivity index (χ0n) is 6.73. The molecule has 0 heterocycles. The summed E-state index contributed by atoms with van der Waals surface area (Å²) in [5, 5.41) is 0. The van der Waals surface area contributed by atoms with Gasteiger partial charge in [-0.3, -0.25) is 0 Å². The van der Waals surface area contributed by atoms with Gasteiger partial charge in [0.1, 0.15) is 0 Å². The summed E-state index contributed by atoms with van der Waals surface area (Å²) in [5.74, 6) is 0. The van der Waals surface area contributed by atoms with E-state index in [2.05, 4.69) is 0 Å². The molecule has 0 spiro atoms. The monoisotopic (exact) mass is 389 g/mol. The van der Waals surface area contributed by atoms with Crippen molar-refractivity contribution in [2.24, 2.45) is 0 Å². The molecule has 0 rings (SSSR count). The van der Waals surface area contributed by atoms with Crippen LogP contribution in [-0.4, -0.2) is 14.0 Å². The number of rotatable bonds is 0. The molecule has 16 heavy (non-hydrogen) atoms. The fraction of sp³-hybridized carbons (Fsp3) is 0. The van der Waals surface area contributed by atoms with E-state index in [9.17, 15) is 0 Å². The van der Waals surface area contributed by atoms with Crippen LogP contribution in [0.5, 0.6) is 0 Å². The van der Waals surface area contributed by atoms with E-state index in [1.165, 1.54) is 0 Å². The number of hydrogen-bond acceptors (Lipinski definition) is 12. The van der Waals surface area contributed by atoms with E-state index < -0.39 is 30.7 Å². The molecule has 99 valence electrons. The Balaban J connectivity index is -0.0000000655. The standard InChI is InChI=1S/3ClHO4.Y/c3*2-1(3,4)5;/h3*(H,2,3,4,5);. The van der Waals surface area contributed by atoms with Gasteiger partial charge in [-0.25, -0.2) is 0 Å². The van der Waals surface area contributed by atoms with E-state index in [-0.39, 0.29) is 32.7 Å². The normalized spacial score (nSPS) is 11.2. The van der Waals surface area contributed by atoms with Crippen LogP contribution in [-0.2, 0) is 32.7 Å². The molecule has 0 aromatic carbocycles. The third kappa shape index (κ3) is 1460. The molecule has 0 bridgehead atoms. The van der Waals surface area contributed by atoms with E-state index in [0.717, 1.165) is 0 Å². The van der Waals surface area contributed by atoms with Crippen molar-refractivity contribution in [3.8, 4) is 0 Å². The predicted octanol–water partition coefficient (Wildman–Crippen LogP) is -12.4. The van der Waals surface area contributed by atoms with Gasteiger partial charge in [0.15, 0.2) is 0 Å². The zero-order valence-corrected chi connectivity index (χ0v) is 11.8. The molecule has 0 saturated heterocycles. The molecule has 0 fully saturated rings. The SMILES string of the molecule is [O-][Cl+3]([O-])([O-])O.[O-][Cl+3]([O-])([O-])O.[O-][Cl+3]([O-])([O-])O.[Y]. The van der Waals surface area contributed by atoms with E-state index >= 15 is 0 Å². The first kappa shape index (κ1) is 26.1. The van der Waals surface area contributed by atoms with E-state index in [1.807, 2.05) is 0 Å². The van der Waals surface area contributed by atoms with Crippen molar-refractivity contribution in [2.75, 3.05) is 0 Å². The summed E-state index contributed by atoms with van der Waals surface area (Å²) in [6.45, 7) is 0. The first-order valence-corrected chi connectivity index (χ1v) is 5.69. The Morgan fingerprint density at radius 3 is 0.438 bits per heavy atom. The summed E-state index contributed by atoms with van der Waals surface area (Å²) in [6, 6.07) is 0. The molecule has 0 aliphatic rings. The van der Waals surface area contributed by atoms with Crippen LogP contribution in [0.1, 0.15) is 0 Å². The molecular formula is H3Cl3O12Y. The molecule has 1 radical (unpaired) electrons. The first-order valence-electron chi connectivity index (χ1n) is 1.90. The molecule has 0 aromatic rings. The minimum Gasteiger partial charge on any atom is -0.183 e. The number of hydrogen-bond donors (Lipinski definition) is 3. The van der Waals surface area contributed by atoms with Gasteiger partial charge in [0.2, 0.25) is 0 Å². The Morgan fingerprint density at radius 1 is 0.438 bits per heavy atom. The van der Waals surface area contributed by atoms with Crippen LogP contribution in [0.3, 0.4) is 0 Å². The third-order valence-corrected chi connectivity index (χ3v) is 0. The van der Waals surface area contributed by atoms with Crippen LogP contribution in [0.25, 0.3) is 0 Å². The maximum atomic E-state index is 8.60. The summed E-state index contributed by atoms with van der Waals surface area (Å²) < 4.78 is 98.2. The van der Waals surface area contributed by atoms with Crippen molar-refractivity contribution in [3.05, 3.63) is 0 Å². The summed E-state index contributed by atoms with van der Waals surface area (Å²) in [7, 11) is -14.1. The van der Waals surface area contributed by atoms with Crippen molar-refractivity contribution < 1.29 is 119 Å². The molecule has 0 atom stereocenters. The second kappa shape index (κ2) is 10.4. The zero-order chi connectivity index (χ0) is 13.5. The fourth-order valence-electron chi connectivity index (χ4n) is 0. The Morgan fingerprint density at radius 2 is 0.438 bits per heavy atom. The fourth-order valence-corrected chi connectivity index (χ4v) is 0. The smallest absolute Gasteiger partial charge is 0.0777 e. The summed E-state index contributed by atoms with van der Waals surface area (Å²) in [4.78, 5) is 0.